The highest BCUT2D eigenvalue weighted by atomic mass is 16.2. The molecule has 0 bridgehead atoms. The minimum atomic E-state index is -0.396. The van der Waals surface area contributed by atoms with Gasteiger partial charge in [-0.15, -0.1) is 0 Å². The van der Waals surface area contributed by atoms with Crippen molar-refractivity contribution in [3.05, 3.63) is 64.1 Å². The van der Waals surface area contributed by atoms with E-state index in [2.05, 4.69) is 25.5 Å². The molecule has 3 aromatic rings. The second kappa shape index (κ2) is 6.45. The third kappa shape index (κ3) is 3.37. The van der Waals surface area contributed by atoms with Gasteiger partial charge < -0.3 is 9.88 Å². The molecule has 0 aliphatic carbocycles. The zero-order valence-corrected chi connectivity index (χ0v) is 13.3. The van der Waals surface area contributed by atoms with Gasteiger partial charge >= 0.3 is 0 Å². The molecule has 8 heteroatoms. The first-order valence-corrected chi connectivity index (χ1v) is 7.32. The summed E-state index contributed by atoms with van der Waals surface area (Å²) >= 11 is 0. The molecule has 0 saturated heterocycles. The van der Waals surface area contributed by atoms with Crippen LogP contribution in [0.1, 0.15) is 21.9 Å². The summed E-state index contributed by atoms with van der Waals surface area (Å²) in [6, 6.07) is 8.78. The number of nitrogens with zero attached hydrogens (tertiary/aromatic N) is 4. The van der Waals surface area contributed by atoms with Gasteiger partial charge in [0, 0.05) is 25.2 Å². The number of H-pyrrole nitrogens is 1. The SMILES string of the molecule is Cc1nc(-c2cccc(CNC(=O)c3cc(=O)n(C)cn3)c2)n[nH]1. The highest BCUT2D eigenvalue weighted by Crippen LogP contribution is 2.16. The Hall–Kier alpha value is -3.29. The molecule has 3 rings (SSSR count). The molecule has 0 aliphatic rings. The van der Waals surface area contributed by atoms with Gasteiger partial charge in [0.25, 0.3) is 11.5 Å². The number of nitrogens with one attached hydrogen (secondary N) is 2. The number of carbonyl (C=O) groups excluding carboxylic acids is 1. The third-order valence-electron chi connectivity index (χ3n) is 3.45. The number of hydrogen-bond donors (Lipinski definition) is 2. The van der Waals surface area contributed by atoms with Gasteiger partial charge in [0.15, 0.2) is 5.82 Å². The van der Waals surface area contributed by atoms with Gasteiger partial charge in [-0.2, -0.15) is 5.10 Å². The van der Waals surface area contributed by atoms with Crippen LogP contribution in [0.4, 0.5) is 0 Å². The van der Waals surface area contributed by atoms with Crippen molar-refractivity contribution >= 4 is 5.91 Å². The Labute approximate surface area is 137 Å². The van der Waals surface area contributed by atoms with E-state index in [4.69, 9.17) is 0 Å². The highest BCUT2D eigenvalue weighted by molar-refractivity contribution is 5.92. The lowest BCUT2D eigenvalue weighted by Crippen LogP contribution is -2.27. The van der Waals surface area contributed by atoms with Crippen molar-refractivity contribution in [1.29, 1.82) is 0 Å². The fourth-order valence-corrected chi connectivity index (χ4v) is 2.15. The van der Waals surface area contributed by atoms with Crippen molar-refractivity contribution in [3.8, 4) is 11.4 Å². The number of rotatable bonds is 4. The molecule has 2 heterocycles. The van der Waals surface area contributed by atoms with E-state index in [9.17, 15) is 9.59 Å². The molecule has 1 amide bonds. The van der Waals surface area contributed by atoms with E-state index in [0.717, 1.165) is 17.0 Å². The average molecular weight is 324 g/mol. The highest BCUT2D eigenvalue weighted by Gasteiger charge is 2.09. The Morgan fingerprint density at radius 1 is 1.33 bits per heavy atom. The van der Waals surface area contributed by atoms with Crippen molar-refractivity contribution in [1.82, 2.24) is 30.0 Å². The molecule has 24 heavy (non-hydrogen) atoms. The molecule has 8 nitrogen and oxygen atoms in total. The predicted molar refractivity (Wildman–Crippen MR) is 87.2 cm³/mol. The van der Waals surface area contributed by atoms with E-state index in [1.165, 1.54) is 17.0 Å². The van der Waals surface area contributed by atoms with E-state index in [1.54, 1.807) is 7.05 Å². The molecule has 1 aromatic carbocycles. The molecular weight excluding hydrogens is 308 g/mol. The normalized spacial score (nSPS) is 10.6. The van der Waals surface area contributed by atoms with Crippen molar-refractivity contribution in [2.75, 3.05) is 0 Å². The third-order valence-corrected chi connectivity index (χ3v) is 3.45. The van der Waals surface area contributed by atoms with Gasteiger partial charge in [0.1, 0.15) is 11.5 Å². The van der Waals surface area contributed by atoms with Gasteiger partial charge in [-0.05, 0) is 18.6 Å². The number of amides is 1. The molecular formula is C16H16N6O2. The lowest BCUT2D eigenvalue weighted by molar-refractivity contribution is 0.0945. The number of aryl methyl sites for hydroxylation is 2. The van der Waals surface area contributed by atoms with Crippen LogP contribution >= 0.6 is 0 Å². The van der Waals surface area contributed by atoms with Crippen LogP contribution in [-0.4, -0.2) is 30.6 Å². The van der Waals surface area contributed by atoms with Crippen LogP contribution in [0, 0.1) is 6.92 Å². The summed E-state index contributed by atoms with van der Waals surface area (Å²) in [7, 11) is 1.58. The smallest absolute Gasteiger partial charge is 0.270 e. The quantitative estimate of drug-likeness (QED) is 0.738. The molecule has 0 unspecified atom stereocenters. The van der Waals surface area contributed by atoms with Gasteiger partial charge in [-0.25, -0.2) is 9.97 Å². The zero-order chi connectivity index (χ0) is 17.1. The largest absolute Gasteiger partial charge is 0.347 e. The van der Waals surface area contributed by atoms with Crippen molar-refractivity contribution in [2.45, 2.75) is 13.5 Å². The zero-order valence-electron chi connectivity index (χ0n) is 13.3. The number of hydrogen-bond acceptors (Lipinski definition) is 5. The Balaban J connectivity index is 1.71. The average Bonchev–Trinajstić information content (AvgIpc) is 3.02. The number of aromatic amines is 1. The second-order valence-electron chi connectivity index (χ2n) is 5.35. The Morgan fingerprint density at radius 3 is 2.88 bits per heavy atom. The summed E-state index contributed by atoms with van der Waals surface area (Å²) in [5, 5.41) is 9.66. The minimum absolute atomic E-state index is 0.0962. The van der Waals surface area contributed by atoms with Crippen LogP contribution < -0.4 is 10.9 Å². The second-order valence-corrected chi connectivity index (χ2v) is 5.35. The predicted octanol–water partition coefficient (Wildman–Crippen LogP) is 0.804. The molecule has 0 radical (unpaired) electrons. The maximum Gasteiger partial charge on any atom is 0.270 e. The van der Waals surface area contributed by atoms with E-state index in [0.29, 0.717) is 12.4 Å². The lowest BCUT2D eigenvalue weighted by atomic mass is 10.1. The minimum Gasteiger partial charge on any atom is -0.347 e. The van der Waals surface area contributed by atoms with E-state index >= 15 is 0 Å². The fourth-order valence-electron chi connectivity index (χ4n) is 2.15. The molecule has 0 fully saturated rings. The van der Waals surface area contributed by atoms with Crippen LogP contribution in [0.15, 0.2) is 41.5 Å². The van der Waals surface area contributed by atoms with Gasteiger partial charge in [0.05, 0.1) is 6.33 Å². The summed E-state index contributed by atoms with van der Waals surface area (Å²) in [5.74, 6) is 0.946. The number of carbonyl (C=O) groups is 1. The van der Waals surface area contributed by atoms with E-state index in [-0.39, 0.29) is 11.3 Å². The van der Waals surface area contributed by atoms with Gasteiger partial charge in [-0.1, -0.05) is 18.2 Å². The molecule has 0 spiro atoms. The first-order valence-electron chi connectivity index (χ1n) is 7.32. The Bertz CT molecular complexity index is 943. The topological polar surface area (TPSA) is 106 Å². The molecule has 0 saturated carbocycles. The van der Waals surface area contributed by atoms with Crippen molar-refractivity contribution in [2.24, 2.45) is 7.05 Å². The van der Waals surface area contributed by atoms with E-state index < -0.39 is 5.91 Å². The molecule has 0 aliphatic heterocycles. The van der Waals surface area contributed by atoms with E-state index in [1.807, 2.05) is 31.2 Å². The van der Waals surface area contributed by atoms with Crippen LogP contribution in [0.2, 0.25) is 0 Å². The van der Waals surface area contributed by atoms with Crippen LogP contribution in [-0.2, 0) is 13.6 Å². The summed E-state index contributed by atoms with van der Waals surface area (Å²) < 4.78 is 1.30. The molecule has 2 aromatic heterocycles. The summed E-state index contributed by atoms with van der Waals surface area (Å²) in [4.78, 5) is 31.9. The fraction of sp³-hybridized carbons (Fsp3) is 0.188. The summed E-state index contributed by atoms with van der Waals surface area (Å²) in [6.07, 6.45) is 1.32. The Morgan fingerprint density at radius 2 is 2.17 bits per heavy atom. The van der Waals surface area contributed by atoms with Crippen molar-refractivity contribution in [3.63, 3.8) is 0 Å². The van der Waals surface area contributed by atoms with Gasteiger partial charge in [0.2, 0.25) is 0 Å². The number of benzene rings is 1. The summed E-state index contributed by atoms with van der Waals surface area (Å²) in [6.45, 7) is 2.14. The van der Waals surface area contributed by atoms with Crippen LogP contribution in [0.3, 0.4) is 0 Å². The lowest BCUT2D eigenvalue weighted by Gasteiger charge is -2.06. The first kappa shape index (κ1) is 15.6. The van der Waals surface area contributed by atoms with Crippen molar-refractivity contribution < 1.29 is 4.79 Å². The van der Waals surface area contributed by atoms with Crippen LogP contribution in [0.5, 0.6) is 0 Å². The Kier molecular flexibility index (Phi) is 4.19. The molecule has 0 atom stereocenters. The summed E-state index contributed by atoms with van der Waals surface area (Å²) in [5.41, 5.74) is 1.57. The number of aromatic nitrogens is 5. The molecule has 2 N–H and O–H groups in total. The molecule has 122 valence electrons. The first-order chi connectivity index (χ1) is 11.5. The van der Waals surface area contributed by atoms with Crippen LogP contribution in [0.25, 0.3) is 11.4 Å². The monoisotopic (exact) mass is 324 g/mol. The maximum absolute atomic E-state index is 12.1. The maximum atomic E-state index is 12.1. The standard InChI is InChI=1S/C16H16N6O2/c1-10-19-15(21-20-10)12-5-3-4-11(6-12)8-17-16(24)13-7-14(23)22(2)9-18-13/h3-7,9H,8H2,1-2H3,(H,17,24)(H,19,20,21). The van der Waals surface area contributed by atoms with Gasteiger partial charge in [-0.3, -0.25) is 14.7 Å².